The number of hydrogen-bond acceptors (Lipinski definition) is 2. The van der Waals surface area contributed by atoms with Gasteiger partial charge in [-0.05, 0) is 49.3 Å². The predicted octanol–water partition coefficient (Wildman–Crippen LogP) is 2.63. The predicted molar refractivity (Wildman–Crippen MR) is 74.2 cm³/mol. The minimum absolute atomic E-state index is 0.227. The quantitative estimate of drug-likeness (QED) is 0.815. The van der Waals surface area contributed by atoms with Crippen molar-refractivity contribution in [2.75, 3.05) is 19.8 Å². The molecular weight excluding hydrogens is 224 g/mol. The van der Waals surface area contributed by atoms with Gasteiger partial charge in [0.2, 0.25) is 5.91 Å². The lowest BCUT2D eigenvalue weighted by Gasteiger charge is -2.29. The van der Waals surface area contributed by atoms with Crippen LogP contribution in [0.4, 0.5) is 5.69 Å². The molecule has 0 aromatic heterocycles. The molecule has 0 atom stereocenters. The maximum Gasteiger partial charge on any atom is 0.225 e. The van der Waals surface area contributed by atoms with E-state index in [0.29, 0.717) is 5.92 Å². The molecule has 1 aromatic rings. The first-order valence-corrected chi connectivity index (χ1v) is 6.64. The second-order valence-electron chi connectivity index (χ2n) is 5.45. The SMILES string of the molecule is CN(C)C(=O)C1CCC(c2ccc(N)cc2)CC1. The van der Waals surface area contributed by atoms with Crippen molar-refractivity contribution >= 4 is 11.6 Å². The number of rotatable bonds is 2. The molecule has 0 saturated heterocycles. The third kappa shape index (κ3) is 2.84. The van der Waals surface area contributed by atoms with Crippen LogP contribution in [-0.2, 0) is 4.79 Å². The summed E-state index contributed by atoms with van der Waals surface area (Å²) in [6.07, 6.45) is 4.22. The van der Waals surface area contributed by atoms with Crippen LogP contribution in [0.1, 0.15) is 37.2 Å². The molecule has 1 aliphatic carbocycles. The number of nitrogens with two attached hydrogens (primary N) is 1. The Balaban J connectivity index is 1.94. The van der Waals surface area contributed by atoms with E-state index in [0.717, 1.165) is 31.4 Å². The Morgan fingerprint density at radius 1 is 1.11 bits per heavy atom. The number of hydrogen-bond donors (Lipinski definition) is 1. The lowest BCUT2D eigenvalue weighted by atomic mass is 9.78. The van der Waals surface area contributed by atoms with Crippen LogP contribution in [0.25, 0.3) is 0 Å². The Morgan fingerprint density at radius 2 is 1.67 bits per heavy atom. The van der Waals surface area contributed by atoms with E-state index < -0.39 is 0 Å². The molecule has 1 saturated carbocycles. The summed E-state index contributed by atoms with van der Waals surface area (Å²) in [4.78, 5) is 13.6. The topological polar surface area (TPSA) is 46.3 Å². The van der Waals surface area contributed by atoms with Gasteiger partial charge in [0.25, 0.3) is 0 Å². The summed E-state index contributed by atoms with van der Waals surface area (Å²) in [6.45, 7) is 0. The molecule has 1 aromatic carbocycles. The Bertz CT molecular complexity index is 403. The number of amides is 1. The van der Waals surface area contributed by atoms with Gasteiger partial charge < -0.3 is 10.6 Å². The fourth-order valence-corrected chi connectivity index (χ4v) is 2.81. The molecule has 1 amide bonds. The molecule has 0 unspecified atom stereocenters. The van der Waals surface area contributed by atoms with Crippen LogP contribution < -0.4 is 5.73 Å². The number of carbonyl (C=O) groups is 1. The van der Waals surface area contributed by atoms with Gasteiger partial charge in [0.05, 0.1) is 0 Å². The molecule has 2 N–H and O–H groups in total. The van der Waals surface area contributed by atoms with E-state index in [1.807, 2.05) is 26.2 Å². The van der Waals surface area contributed by atoms with Crippen molar-refractivity contribution < 1.29 is 4.79 Å². The van der Waals surface area contributed by atoms with Crippen molar-refractivity contribution in [3.63, 3.8) is 0 Å². The van der Waals surface area contributed by atoms with E-state index in [2.05, 4.69) is 12.1 Å². The molecule has 18 heavy (non-hydrogen) atoms. The second-order valence-corrected chi connectivity index (χ2v) is 5.45. The molecule has 0 radical (unpaired) electrons. The first-order chi connectivity index (χ1) is 8.58. The molecule has 0 aliphatic heterocycles. The summed E-state index contributed by atoms with van der Waals surface area (Å²) < 4.78 is 0. The van der Waals surface area contributed by atoms with Gasteiger partial charge in [-0.1, -0.05) is 12.1 Å². The average Bonchev–Trinajstić information content (AvgIpc) is 2.39. The summed E-state index contributed by atoms with van der Waals surface area (Å²) in [6, 6.07) is 8.17. The van der Waals surface area contributed by atoms with E-state index in [1.54, 1.807) is 4.90 Å². The average molecular weight is 246 g/mol. The molecule has 1 fully saturated rings. The number of anilines is 1. The molecule has 3 nitrogen and oxygen atoms in total. The molecule has 0 spiro atoms. The van der Waals surface area contributed by atoms with Crippen molar-refractivity contribution in [1.29, 1.82) is 0 Å². The fourth-order valence-electron chi connectivity index (χ4n) is 2.81. The Labute approximate surface area is 109 Å². The van der Waals surface area contributed by atoms with E-state index in [4.69, 9.17) is 5.73 Å². The summed E-state index contributed by atoms with van der Waals surface area (Å²) >= 11 is 0. The first kappa shape index (κ1) is 12.9. The summed E-state index contributed by atoms with van der Waals surface area (Å²) in [5, 5.41) is 0. The first-order valence-electron chi connectivity index (χ1n) is 6.64. The number of nitrogens with zero attached hydrogens (tertiary/aromatic N) is 1. The molecule has 2 rings (SSSR count). The van der Waals surface area contributed by atoms with Gasteiger partial charge in [0.15, 0.2) is 0 Å². The monoisotopic (exact) mass is 246 g/mol. The highest BCUT2D eigenvalue weighted by atomic mass is 16.2. The van der Waals surface area contributed by atoms with E-state index in [1.165, 1.54) is 5.56 Å². The minimum atomic E-state index is 0.227. The number of carbonyl (C=O) groups excluding carboxylic acids is 1. The van der Waals surface area contributed by atoms with Crippen LogP contribution >= 0.6 is 0 Å². The summed E-state index contributed by atoms with van der Waals surface area (Å²) in [5.74, 6) is 1.10. The van der Waals surface area contributed by atoms with Crippen molar-refractivity contribution in [3.8, 4) is 0 Å². The maximum atomic E-state index is 11.9. The van der Waals surface area contributed by atoms with Gasteiger partial charge in [-0.25, -0.2) is 0 Å². The van der Waals surface area contributed by atoms with Gasteiger partial charge in [-0.3, -0.25) is 4.79 Å². The zero-order chi connectivity index (χ0) is 13.1. The Morgan fingerprint density at radius 3 is 2.17 bits per heavy atom. The van der Waals surface area contributed by atoms with E-state index >= 15 is 0 Å². The second kappa shape index (κ2) is 5.42. The Kier molecular flexibility index (Phi) is 3.90. The number of benzene rings is 1. The number of nitrogen functional groups attached to an aromatic ring is 1. The van der Waals surface area contributed by atoms with Gasteiger partial charge in [-0.15, -0.1) is 0 Å². The van der Waals surface area contributed by atoms with E-state index in [9.17, 15) is 4.79 Å². The van der Waals surface area contributed by atoms with Gasteiger partial charge >= 0.3 is 0 Å². The lowest BCUT2D eigenvalue weighted by molar-refractivity contribution is -0.134. The smallest absolute Gasteiger partial charge is 0.225 e. The van der Waals surface area contributed by atoms with Gasteiger partial charge in [0, 0.05) is 25.7 Å². The van der Waals surface area contributed by atoms with E-state index in [-0.39, 0.29) is 11.8 Å². The third-order valence-electron chi connectivity index (χ3n) is 3.93. The van der Waals surface area contributed by atoms with Crippen LogP contribution in [0.3, 0.4) is 0 Å². The highest BCUT2D eigenvalue weighted by Gasteiger charge is 2.27. The summed E-state index contributed by atoms with van der Waals surface area (Å²) in [7, 11) is 3.68. The van der Waals surface area contributed by atoms with Crippen LogP contribution in [0.2, 0.25) is 0 Å². The van der Waals surface area contributed by atoms with Crippen LogP contribution in [0.5, 0.6) is 0 Å². The third-order valence-corrected chi connectivity index (χ3v) is 3.93. The van der Waals surface area contributed by atoms with Crippen LogP contribution in [0, 0.1) is 5.92 Å². The highest BCUT2D eigenvalue weighted by molar-refractivity contribution is 5.78. The van der Waals surface area contributed by atoms with Crippen LogP contribution in [0.15, 0.2) is 24.3 Å². The molecule has 3 heteroatoms. The zero-order valence-electron chi connectivity index (χ0n) is 11.2. The largest absolute Gasteiger partial charge is 0.399 e. The standard InChI is InChI=1S/C15H22N2O/c1-17(2)15(18)13-5-3-11(4-6-13)12-7-9-14(16)10-8-12/h7-11,13H,3-6,16H2,1-2H3. The molecular formula is C15H22N2O. The van der Waals surface area contributed by atoms with Crippen molar-refractivity contribution in [2.24, 2.45) is 5.92 Å². The van der Waals surface area contributed by atoms with Crippen molar-refractivity contribution in [2.45, 2.75) is 31.6 Å². The zero-order valence-corrected chi connectivity index (χ0v) is 11.2. The fraction of sp³-hybridized carbons (Fsp3) is 0.533. The van der Waals surface area contributed by atoms with Crippen molar-refractivity contribution in [1.82, 2.24) is 4.90 Å². The molecule has 0 bridgehead atoms. The molecule has 0 heterocycles. The minimum Gasteiger partial charge on any atom is -0.399 e. The molecule has 98 valence electrons. The van der Waals surface area contributed by atoms with Crippen LogP contribution in [-0.4, -0.2) is 24.9 Å². The highest BCUT2D eigenvalue weighted by Crippen LogP contribution is 2.36. The Hall–Kier alpha value is -1.51. The normalized spacial score (nSPS) is 23.7. The lowest BCUT2D eigenvalue weighted by Crippen LogP contribution is -2.31. The summed E-state index contributed by atoms with van der Waals surface area (Å²) in [5.41, 5.74) is 7.88. The maximum absolute atomic E-state index is 11.9. The molecule has 1 aliphatic rings. The van der Waals surface area contributed by atoms with Crippen molar-refractivity contribution in [3.05, 3.63) is 29.8 Å². The van der Waals surface area contributed by atoms with Gasteiger partial charge in [0.1, 0.15) is 0 Å². The van der Waals surface area contributed by atoms with Gasteiger partial charge in [-0.2, -0.15) is 0 Å².